The summed E-state index contributed by atoms with van der Waals surface area (Å²) in [6.45, 7) is 3.75. The van der Waals surface area contributed by atoms with Crippen molar-refractivity contribution in [3.63, 3.8) is 0 Å². The molecular weight excluding hydrogens is 312 g/mol. The molecule has 0 unspecified atom stereocenters. The van der Waals surface area contributed by atoms with Gasteiger partial charge in [-0.3, -0.25) is 0 Å². The zero-order valence-corrected chi connectivity index (χ0v) is 13.2. The van der Waals surface area contributed by atoms with Gasteiger partial charge in [-0.05, 0) is 28.4 Å². The van der Waals surface area contributed by atoms with Crippen LogP contribution in [0.5, 0.6) is 11.5 Å². The summed E-state index contributed by atoms with van der Waals surface area (Å²) >= 11 is 3.51. The molecule has 0 aliphatic heterocycles. The fourth-order valence-electron chi connectivity index (χ4n) is 1.93. The van der Waals surface area contributed by atoms with E-state index in [2.05, 4.69) is 22.5 Å². The van der Waals surface area contributed by atoms with Crippen molar-refractivity contribution in [3.8, 4) is 11.5 Å². The summed E-state index contributed by atoms with van der Waals surface area (Å²) in [7, 11) is 6.38. The Morgan fingerprint density at radius 2 is 1.84 bits per heavy atom. The topological polar surface area (TPSA) is 36.9 Å². The van der Waals surface area contributed by atoms with E-state index in [0.29, 0.717) is 17.9 Å². The van der Waals surface area contributed by atoms with Gasteiger partial charge in [0, 0.05) is 19.8 Å². The van der Waals surface area contributed by atoms with Gasteiger partial charge in [0.25, 0.3) is 0 Å². The molecule has 19 heavy (non-hydrogen) atoms. The van der Waals surface area contributed by atoms with Gasteiger partial charge in [0.1, 0.15) is 11.5 Å². The van der Waals surface area contributed by atoms with Gasteiger partial charge in [0.05, 0.1) is 24.3 Å². The monoisotopic (exact) mass is 330 g/mol. The minimum atomic E-state index is -0.539. The summed E-state index contributed by atoms with van der Waals surface area (Å²) in [5, 5.41) is 0. The second-order valence-corrected chi connectivity index (χ2v) is 4.59. The van der Waals surface area contributed by atoms with Crippen molar-refractivity contribution < 1.29 is 18.9 Å². The van der Waals surface area contributed by atoms with Crippen molar-refractivity contribution in [3.05, 3.63) is 34.3 Å². The molecule has 1 rings (SSSR count). The van der Waals surface area contributed by atoms with Crippen LogP contribution in [0.4, 0.5) is 0 Å². The minimum Gasteiger partial charge on any atom is -0.496 e. The van der Waals surface area contributed by atoms with Gasteiger partial charge in [-0.15, -0.1) is 6.58 Å². The Hall–Kier alpha value is -1.04. The lowest BCUT2D eigenvalue weighted by molar-refractivity contribution is -0.107. The van der Waals surface area contributed by atoms with Crippen LogP contribution >= 0.6 is 15.9 Å². The van der Waals surface area contributed by atoms with Crippen LogP contribution in [0.2, 0.25) is 0 Å². The van der Waals surface area contributed by atoms with E-state index >= 15 is 0 Å². The molecule has 0 fully saturated rings. The minimum absolute atomic E-state index is 0.539. The highest BCUT2D eigenvalue weighted by Gasteiger charge is 2.24. The van der Waals surface area contributed by atoms with Crippen molar-refractivity contribution >= 4 is 15.9 Å². The number of ether oxygens (including phenoxy) is 4. The quantitative estimate of drug-likeness (QED) is 0.566. The van der Waals surface area contributed by atoms with Crippen LogP contribution < -0.4 is 9.47 Å². The molecule has 0 aromatic heterocycles. The van der Waals surface area contributed by atoms with Gasteiger partial charge in [0.15, 0.2) is 6.29 Å². The third-order valence-electron chi connectivity index (χ3n) is 2.75. The highest BCUT2D eigenvalue weighted by molar-refractivity contribution is 9.10. The van der Waals surface area contributed by atoms with E-state index in [0.717, 1.165) is 15.6 Å². The average molecular weight is 331 g/mol. The molecule has 0 atom stereocenters. The lowest BCUT2D eigenvalue weighted by atomic mass is 10.0. The summed E-state index contributed by atoms with van der Waals surface area (Å²) in [4.78, 5) is 0. The van der Waals surface area contributed by atoms with Gasteiger partial charge in [-0.2, -0.15) is 0 Å². The maximum atomic E-state index is 5.50. The van der Waals surface area contributed by atoms with E-state index in [4.69, 9.17) is 18.9 Å². The van der Waals surface area contributed by atoms with Crippen molar-refractivity contribution in [2.24, 2.45) is 0 Å². The lowest BCUT2D eigenvalue weighted by Crippen LogP contribution is -2.09. The second-order valence-electron chi connectivity index (χ2n) is 3.79. The maximum Gasteiger partial charge on any atom is 0.187 e. The molecule has 1 aromatic carbocycles. The van der Waals surface area contributed by atoms with E-state index in [1.54, 1.807) is 28.4 Å². The summed E-state index contributed by atoms with van der Waals surface area (Å²) in [6.07, 6.45) is 1.94. The third-order valence-corrected chi connectivity index (χ3v) is 3.56. The predicted molar refractivity (Wildman–Crippen MR) is 77.9 cm³/mol. The Bertz CT molecular complexity index is 442. The van der Waals surface area contributed by atoms with E-state index in [1.807, 2.05) is 12.1 Å². The van der Waals surface area contributed by atoms with Gasteiger partial charge < -0.3 is 18.9 Å². The largest absolute Gasteiger partial charge is 0.496 e. The van der Waals surface area contributed by atoms with Crippen LogP contribution in [0.15, 0.2) is 23.2 Å². The molecule has 0 aliphatic carbocycles. The molecule has 0 aliphatic rings. The molecule has 0 spiro atoms. The number of allylic oxidation sites excluding steroid dienone is 1. The maximum absolute atomic E-state index is 5.50. The van der Waals surface area contributed by atoms with Crippen molar-refractivity contribution in [2.75, 3.05) is 28.4 Å². The van der Waals surface area contributed by atoms with E-state index in [1.165, 1.54) is 0 Å². The second kappa shape index (κ2) is 7.53. The normalized spacial score (nSPS) is 10.6. The Balaban J connectivity index is 3.53. The number of methoxy groups -OCH3 is 4. The number of rotatable bonds is 7. The van der Waals surface area contributed by atoms with Crippen LogP contribution in [-0.4, -0.2) is 28.4 Å². The van der Waals surface area contributed by atoms with Crippen LogP contribution in [0.1, 0.15) is 17.4 Å². The van der Waals surface area contributed by atoms with Crippen LogP contribution in [-0.2, 0) is 15.9 Å². The standard InChI is InChI=1S/C14H19BrO4/c1-6-7-9-8-10(16-2)12(15)11(13(9)17-3)14(18-4)19-5/h6,8,14H,1,7H2,2-5H3. The van der Waals surface area contributed by atoms with E-state index in [9.17, 15) is 0 Å². The highest BCUT2D eigenvalue weighted by atomic mass is 79.9. The van der Waals surface area contributed by atoms with Crippen molar-refractivity contribution in [1.82, 2.24) is 0 Å². The Morgan fingerprint density at radius 1 is 1.21 bits per heavy atom. The molecule has 0 heterocycles. The van der Waals surface area contributed by atoms with E-state index < -0.39 is 6.29 Å². The summed E-state index contributed by atoms with van der Waals surface area (Å²) < 4.78 is 22.3. The fourth-order valence-corrected chi connectivity index (χ4v) is 2.57. The van der Waals surface area contributed by atoms with Gasteiger partial charge >= 0.3 is 0 Å². The summed E-state index contributed by atoms with van der Waals surface area (Å²) in [6, 6.07) is 1.91. The smallest absolute Gasteiger partial charge is 0.187 e. The zero-order chi connectivity index (χ0) is 14.4. The number of hydrogen-bond acceptors (Lipinski definition) is 4. The first-order valence-corrected chi connectivity index (χ1v) is 6.53. The highest BCUT2D eigenvalue weighted by Crippen LogP contribution is 2.43. The van der Waals surface area contributed by atoms with Gasteiger partial charge in [0.2, 0.25) is 0 Å². The fraction of sp³-hybridized carbons (Fsp3) is 0.429. The molecular formula is C14H19BrO4. The molecule has 0 radical (unpaired) electrons. The first kappa shape index (κ1) is 16.0. The van der Waals surface area contributed by atoms with Crippen LogP contribution in [0.3, 0.4) is 0 Å². The molecule has 0 saturated heterocycles. The molecule has 1 aromatic rings. The summed E-state index contributed by atoms with van der Waals surface area (Å²) in [5.41, 5.74) is 1.73. The molecule has 0 saturated carbocycles. The molecule has 106 valence electrons. The first-order chi connectivity index (χ1) is 9.14. The molecule has 5 heteroatoms. The number of hydrogen-bond donors (Lipinski definition) is 0. The van der Waals surface area contributed by atoms with Gasteiger partial charge in [-0.25, -0.2) is 0 Å². The van der Waals surface area contributed by atoms with Gasteiger partial charge in [-0.1, -0.05) is 6.08 Å². The number of benzene rings is 1. The van der Waals surface area contributed by atoms with Crippen LogP contribution in [0.25, 0.3) is 0 Å². The lowest BCUT2D eigenvalue weighted by Gasteiger charge is -2.22. The predicted octanol–water partition coefficient (Wildman–Crippen LogP) is 3.49. The molecule has 4 nitrogen and oxygen atoms in total. The molecule has 0 amide bonds. The Kier molecular flexibility index (Phi) is 6.34. The van der Waals surface area contributed by atoms with Crippen molar-refractivity contribution in [1.29, 1.82) is 0 Å². The van der Waals surface area contributed by atoms with Crippen LogP contribution in [0, 0.1) is 0 Å². The Morgan fingerprint density at radius 3 is 2.26 bits per heavy atom. The Labute approximate surface area is 122 Å². The van der Waals surface area contributed by atoms with E-state index in [-0.39, 0.29) is 0 Å². The molecule has 0 bridgehead atoms. The zero-order valence-electron chi connectivity index (χ0n) is 11.7. The third kappa shape index (κ3) is 3.29. The summed E-state index contributed by atoms with van der Waals surface area (Å²) in [5.74, 6) is 1.41. The SMILES string of the molecule is C=CCc1cc(OC)c(Br)c(C(OC)OC)c1OC. The average Bonchev–Trinajstić information content (AvgIpc) is 2.43. The van der Waals surface area contributed by atoms with Crippen molar-refractivity contribution in [2.45, 2.75) is 12.7 Å². The number of halogens is 1. The molecule has 0 N–H and O–H groups in total. The first-order valence-electron chi connectivity index (χ1n) is 5.74.